The molecule has 1 aliphatic carbocycles. The van der Waals surface area contributed by atoms with Crippen molar-refractivity contribution in [3.8, 4) is 17.2 Å². The number of hydrogen-bond donors (Lipinski definition) is 0. The molecule has 5 heteroatoms. The van der Waals surface area contributed by atoms with Gasteiger partial charge >= 0.3 is 5.97 Å². The minimum absolute atomic E-state index is 0.166. The van der Waals surface area contributed by atoms with Gasteiger partial charge in [-0.2, -0.15) is 0 Å². The molecule has 2 aliphatic rings. The van der Waals surface area contributed by atoms with Crippen molar-refractivity contribution in [2.75, 3.05) is 7.11 Å². The average molecular weight is 533 g/mol. The van der Waals surface area contributed by atoms with Gasteiger partial charge in [0.1, 0.15) is 42.1 Å². The Bertz CT molecular complexity index is 1490. The van der Waals surface area contributed by atoms with Crippen molar-refractivity contribution in [2.45, 2.75) is 38.1 Å². The summed E-state index contributed by atoms with van der Waals surface area (Å²) >= 11 is 0. The lowest BCUT2D eigenvalue weighted by molar-refractivity contribution is 0.0575. The first kappa shape index (κ1) is 25.8. The number of methoxy groups -OCH3 is 1. The third-order valence-electron chi connectivity index (χ3n) is 7.78. The molecule has 0 amide bonds. The minimum Gasteiger partial charge on any atom is -0.489 e. The Morgan fingerprint density at radius 1 is 0.825 bits per heavy atom. The molecule has 4 aromatic rings. The van der Waals surface area contributed by atoms with Gasteiger partial charge in [0.05, 0.1) is 7.11 Å². The fourth-order valence-electron chi connectivity index (χ4n) is 5.82. The van der Waals surface area contributed by atoms with Crippen LogP contribution in [0.3, 0.4) is 0 Å². The molecule has 0 saturated heterocycles. The zero-order valence-corrected chi connectivity index (χ0v) is 22.5. The highest BCUT2D eigenvalue weighted by Crippen LogP contribution is 2.56. The topological polar surface area (TPSA) is 54.0 Å². The monoisotopic (exact) mass is 532 g/mol. The summed E-state index contributed by atoms with van der Waals surface area (Å²) in [4.78, 5) is 13.0. The van der Waals surface area contributed by atoms with Gasteiger partial charge in [-0.3, -0.25) is 0 Å². The first-order chi connectivity index (χ1) is 19.6. The number of benzene rings is 4. The number of fused-ring (bicyclic) bond motifs is 3. The number of ether oxygens (including phenoxy) is 4. The second-order valence-corrected chi connectivity index (χ2v) is 10.5. The van der Waals surface area contributed by atoms with Crippen LogP contribution in [-0.4, -0.2) is 13.1 Å². The van der Waals surface area contributed by atoms with E-state index in [4.69, 9.17) is 18.9 Å². The SMILES string of the molecule is C=C1C[C@@H]2[C@H](C1)c1cc(OCc3ccccc3)cc(C(=O)OC)c1O[C@@H]2c1ccc(OCc2ccccc2)cc1. The molecule has 0 bridgehead atoms. The van der Waals surface area contributed by atoms with Crippen molar-refractivity contribution < 1.29 is 23.7 Å². The number of hydrogen-bond acceptors (Lipinski definition) is 5. The molecule has 3 atom stereocenters. The van der Waals surface area contributed by atoms with Gasteiger partial charge in [0, 0.05) is 11.5 Å². The van der Waals surface area contributed by atoms with E-state index < -0.39 is 5.97 Å². The van der Waals surface area contributed by atoms with E-state index in [0.717, 1.165) is 40.8 Å². The molecule has 0 N–H and O–H groups in total. The molecule has 0 radical (unpaired) electrons. The van der Waals surface area contributed by atoms with Crippen LogP contribution in [0, 0.1) is 5.92 Å². The number of esters is 1. The molecule has 0 aromatic heterocycles. The highest BCUT2D eigenvalue weighted by atomic mass is 16.5. The van der Waals surface area contributed by atoms with Crippen LogP contribution in [-0.2, 0) is 18.0 Å². The molecule has 0 spiro atoms. The summed E-state index contributed by atoms with van der Waals surface area (Å²) in [6.07, 6.45) is 1.49. The van der Waals surface area contributed by atoms with Crippen LogP contribution < -0.4 is 14.2 Å². The molecule has 202 valence electrons. The Balaban J connectivity index is 1.29. The fourth-order valence-corrected chi connectivity index (χ4v) is 5.82. The van der Waals surface area contributed by atoms with Gasteiger partial charge in [0.25, 0.3) is 0 Å². The normalized spacial score (nSPS) is 19.2. The molecule has 1 aliphatic heterocycles. The third-order valence-corrected chi connectivity index (χ3v) is 7.78. The number of rotatable bonds is 8. The molecule has 4 aromatic carbocycles. The summed E-state index contributed by atoms with van der Waals surface area (Å²) < 4.78 is 24.0. The summed E-state index contributed by atoms with van der Waals surface area (Å²) in [5.74, 6) is 1.92. The predicted octanol–water partition coefficient (Wildman–Crippen LogP) is 7.81. The lowest BCUT2D eigenvalue weighted by atomic mass is 9.79. The Morgan fingerprint density at radius 3 is 2.08 bits per heavy atom. The summed E-state index contributed by atoms with van der Waals surface area (Å²) in [6, 6.07) is 31.9. The van der Waals surface area contributed by atoms with Crippen LogP contribution in [0.2, 0.25) is 0 Å². The molecular formula is C35H32O5. The smallest absolute Gasteiger partial charge is 0.341 e. The molecule has 1 fully saturated rings. The highest BCUT2D eigenvalue weighted by Gasteiger charge is 2.45. The van der Waals surface area contributed by atoms with Crippen LogP contribution in [0.5, 0.6) is 17.2 Å². The van der Waals surface area contributed by atoms with E-state index in [2.05, 4.69) is 18.7 Å². The second-order valence-electron chi connectivity index (χ2n) is 10.5. The fraction of sp³-hybridized carbons (Fsp3) is 0.229. The predicted molar refractivity (Wildman–Crippen MR) is 154 cm³/mol. The zero-order chi connectivity index (χ0) is 27.5. The van der Waals surface area contributed by atoms with E-state index in [1.54, 1.807) is 6.07 Å². The lowest BCUT2D eigenvalue weighted by Crippen LogP contribution is -2.28. The molecule has 0 unspecified atom stereocenters. The molecule has 5 nitrogen and oxygen atoms in total. The number of carbonyl (C=O) groups excluding carboxylic acids is 1. The lowest BCUT2D eigenvalue weighted by Gasteiger charge is -2.37. The summed E-state index contributed by atoms with van der Waals surface area (Å²) in [5.41, 5.74) is 5.77. The molecule has 40 heavy (non-hydrogen) atoms. The molecule has 1 heterocycles. The highest BCUT2D eigenvalue weighted by molar-refractivity contribution is 5.94. The number of allylic oxidation sites excluding steroid dienone is 1. The van der Waals surface area contributed by atoms with Crippen molar-refractivity contribution in [1.29, 1.82) is 0 Å². The van der Waals surface area contributed by atoms with E-state index in [1.807, 2.05) is 78.9 Å². The van der Waals surface area contributed by atoms with Crippen LogP contribution in [0.1, 0.15) is 57.5 Å². The van der Waals surface area contributed by atoms with Gasteiger partial charge in [-0.25, -0.2) is 4.79 Å². The van der Waals surface area contributed by atoms with Gasteiger partial charge < -0.3 is 18.9 Å². The van der Waals surface area contributed by atoms with E-state index in [0.29, 0.717) is 30.3 Å². The largest absolute Gasteiger partial charge is 0.489 e. The maximum absolute atomic E-state index is 13.0. The van der Waals surface area contributed by atoms with Gasteiger partial charge in [-0.15, -0.1) is 0 Å². The first-order valence-corrected chi connectivity index (χ1v) is 13.6. The van der Waals surface area contributed by atoms with Crippen LogP contribution in [0.25, 0.3) is 0 Å². The van der Waals surface area contributed by atoms with Crippen molar-refractivity contribution in [3.05, 3.63) is 137 Å². The Morgan fingerprint density at radius 2 is 1.45 bits per heavy atom. The average Bonchev–Trinajstić information content (AvgIpc) is 3.41. The standard InChI is InChI=1S/C35H32O5/c1-23-17-29-30(18-23)33(26-13-15-27(16-14-26)38-21-24-9-5-3-6-10-24)40-34-31(29)19-28(20-32(34)35(36)37-2)39-22-25-11-7-4-8-12-25/h3-16,19-20,29-30,33H,1,17-18,21-22H2,2H3/t29-,30+,33+/m0/s1. The Labute approximate surface area is 235 Å². The zero-order valence-electron chi connectivity index (χ0n) is 22.5. The Hall–Kier alpha value is -4.51. The van der Waals surface area contributed by atoms with E-state index in [9.17, 15) is 4.79 Å². The molecule has 1 saturated carbocycles. The van der Waals surface area contributed by atoms with Crippen molar-refractivity contribution >= 4 is 5.97 Å². The van der Waals surface area contributed by atoms with Crippen LogP contribution in [0.15, 0.2) is 109 Å². The summed E-state index contributed by atoms with van der Waals surface area (Å²) in [5, 5.41) is 0. The van der Waals surface area contributed by atoms with Crippen LogP contribution >= 0.6 is 0 Å². The van der Waals surface area contributed by atoms with Crippen molar-refractivity contribution in [2.24, 2.45) is 5.92 Å². The second kappa shape index (κ2) is 11.3. The van der Waals surface area contributed by atoms with Gasteiger partial charge in [0.2, 0.25) is 0 Å². The van der Waals surface area contributed by atoms with Gasteiger partial charge in [0.15, 0.2) is 0 Å². The van der Waals surface area contributed by atoms with E-state index in [-0.39, 0.29) is 17.9 Å². The quantitative estimate of drug-likeness (QED) is 0.171. The maximum Gasteiger partial charge on any atom is 0.341 e. The number of carbonyl (C=O) groups is 1. The summed E-state index contributed by atoms with van der Waals surface area (Å²) in [6.45, 7) is 5.24. The minimum atomic E-state index is -0.444. The Kier molecular flexibility index (Phi) is 7.28. The maximum atomic E-state index is 13.0. The van der Waals surface area contributed by atoms with Crippen molar-refractivity contribution in [3.63, 3.8) is 0 Å². The molecular weight excluding hydrogens is 500 g/mol. The van der Waals surface area contributed by atoms with E-state index >= 15 is 0 Å². The third kappa shape index (κ3) is 5.32. The van der Waals surface area contributed by atoms with Gasteiger partial charge in [-0.05, 0) is 59.7 Å². The van der Waals surface area contributed by atoms with Crippen LogP contribution in [0.4, 0.5) is 0 Å². The van der Waals surface area contributed by atoms with Crippen molar-refractivity contribution in [1.82, 2.24) is 0 Å². The van der Waals surface area contributed by atoms with E-state index in [1.165, 1.54) is 12.7 Å². The summed E-state index contributed by atoms with van der Waals surface area (Å²) in [7, 11) is 1.39. The van der Waals surface area contributed by atoms with Gasteiger partial charge in [-0.1, -0.05) is 84.9 Å². The first-order valence-electron chi connectivity index (χ1n) is 13.6. The molecule has 6 rings (SSSR count).